The van der Waals surface area contributed by atoms with Crippen LogP contribution < -0.4 is 11.1 Å². The summed E-state index contributed by atoms with van der Waals surface area (Å²) >= 11 is 0. The highest BCUT2D eigenvalue weighted by molar-refractivity contribution is 5.86. The van der Waals surface area contributed by atoms with Gasteiger partial charge in [-0.3, -0.25) is 0 Å². The van der Waals surface area contributed by atoms with Gasteiger partial charge < -0.3 is 16.0 Å². The van der Waals surface area contributed by atoms with Crippen molar-refractivity contribution >= 4 is 22.4 Å². The van der Waals surface area contributed by atoms with Gasteiger partial charge in [-0.2, -0.15) is 0 Å². The summed E-state index contributed by atoms with van der Waals surface area (Å²) in [7, 11) is 0. The van der Waals surface area contributed by atoms with Crippen molar-refractivity contribution in [3.8, 4) is 11.4 Å². The third-order valence-corrected chi connectivity index (χ3v) is 4.26. The lowest BCUT2D eigenvalue weighted by molar-refractivity contribution is 0.586. The highest BCUT2D eigenvalue weighted by Gasteiger charge is 2.30. The van der Waals surface area contributed by atoms with Gasteiger partial charge >= 0.3 is 0 Å². The first-order valence-electron chi connectivity index (χ1n) is 7.17. The molecule has 4 N–H and O–H groups in total. The normalized spacial score (nSPS) is 15.9. The highest BCUT2D eigenvalue weighted by atomic mass is 15.0. The molecule has 0 spiro atoms. The summed E-state index contributed by atoms with van der Waals surface area (Å²) in [5.74, 6) is 0.881. The maximum Gasteiger partial charge on any atom is 0.138 e. The van der Waals surface area contributed by atoms with Gasteiger partial charge in [0.05, 0.1) is 11.0 Å². The molecule has 1 aromatic heterocycles. The minimum atomic E-state index is 0.163. The van der Waals surface area contributed by atoms with Crippen molar-refractivity contribution in [1.29, 1.82) is 0 Å². The number of rotatable bonds is 1. The summed E-state index contributed by atoms with van der Waals surface area (Å²) in [5.41, 5.74) is 12.3. The zero-order valence-electron chi connectivity index (χ0n) is 12.2. The van der Waals surface area contributed by atoms with E-state index in [1.165, 1.54) is 11.3 Å². The van der Waals surface area contributed by atoms with Crippen molar-refractivity contribution < 1.29 is 0 Å². The zero-order chi connectivity index (χ0) is 14.6. The van der Waals surface area contributed by atoms with Gasteiger partial charge in [-0.25, -0.2) is 4.98 Å². The average Bonchev–Trinajstić information content (AvgIpc) is 2.99. The number of anilines is 2. The molecule has 0 unspecified atom stereocenters. The Kier molecular flexibility index (Phi) is 2.34. The van der Waals surface area contributed by atoms with Gasteiger partial charge in [0.1, 0.15) is 5.82 Å². The molecule has 4 nitrogen and oxygen atoms in total. The lowest BCUT2D eigenvalue weighted by Crippen LogP contribution is -2.18. The second-order valence-electron chi connectivity index (χ2n) is 6.36. The van der Waals surface area contributed by atoms with E-state index in [0.717, 1.165) is 34.7 Å². The molecule has 21 heavy (non-hydrogen) atoms. The molecule has 0 saturated carbocycles. The lowest BCUT2D eigenvalue weighted by Gasteiger charge is -2.16. The van der Waals surface area contributed by atoms with Gasteiger partial charge in [0.15, 0.2) is 0 Å². The van der Waals surface area contributed by atoms with Crippen LogP contribution in [0.2, 0.25) is 0 Å². The Morgan fingerprint density at radius 3 is 2.67 bits per heavy atom. The summed E-state index contributed by atoms with van der Waals surface area (Å²) in [5, 5.41) is 3.47. The lowest BCUT2D eigenvalue weighted by atomic mass is 9.87. The van der Waals surface area contributed by atoms with Crippen molar-refractivity contribution in [1.82, 2.24) is 9.97 Å². The second-order valence-corrected chi connectivity index (χ2v) is 6.36. The van der Waals surface area contributed by atoms with Crippen LogP contribution >= 0.6 is 0 Å². The summed E-state index contributed by atoms with van der Waals surface area (Å²) < 4.78 is 0. The zero-order valence-corrected chi connectivity index (χ0v) is 12.2. The largest absolute Gasteiger partial charge is 0.399 e. The first kappa shape index (κ1) is 12.3. The van der Waals surface area contributed by atoms with E-state index >= 15 is 0 Å². The first-order chi connectivity index (χ1) is 10.0. The number of imidazole rings is 1. The SMILES string of the molecule is CC1(C)CNc2cc3nc(-c4ccc(N)cc4)[nH]c3cc21. The first-order valence-corrected chi connectivity index (χ1v) is 7.17. The molecule has 0 amide bonds. The Hall–Kier alpha value is -2.49. The van der Waals surface area contributed by atoms with Crippen molar-refractivity contribution in [3.05, 3.63) is 42.0 Å². The number of nitrogens with two attached hydrogens (primary N) is 1. The maximum absolute atomic E-state index is 5.74. The van der Waals surface area contributed by atoms with Gasteiger partial charge in [-0.1, -0.05) is 13.8 Å². The summed E-state index contributed by atoms with van der Waals surface area (Å²) in [6.07, 6.45) is 0. The van der Waals surface area contributed by atoms with Crippen LogP contribution in [-0.4, -0.2) is 16.5 Å². The predicted molar refractivity (Wildman–Crippen MR) is 87.5 cm³/mol. The standard InChI is InChI=1S/C17H18N4/c1-17(2)9-19-13-8-15-14(7-12(13)17)20-16(21-15)10-3-5-11(18)6-4-10/h3-8,19H,9,18H2,1-2H3,(H,20,21). The highest BCUT2D eigenvalue weighted by Crippen LogP contribution is 2.38. The summed E-state index contributed by atoms with van der Waals surface area (Å²) in [6, 6.07) is 12.1. The van der Waals surface area contributed by atoms with Crippen LogP contribution in [0.15, 0.2) is 36.4 Å². The molecule has 2 heterocycles. The van der Waals surface area contributed by atoms with E-state index in [4.69, 9.17) is 10.7 Å². The number of hydrogen-bond donors (Lipinski definition) is 3. The Bertz CT molecular complexity index is 828. The van der Waals surface area contributed by atoms with Crippen LogP contribution in [-0.2, 0) is 5.41 Å². The van der Waals surface area contributed by atoms with Gasteiger partial charge in [-0.15, -0.1) is 0 Å². The molecule has 106 valence electrons. The van der Waals surface area contributed by atoms with Crippen molar-refractivity contribution in [2.24, 2.45) is 0 Å². The molecule has 0 radical (unpaired) electrons. The number of nitrogens with zero attached hydrogens (tertiary/aromatic N) is 1. The topological polar surface area (TPSA) is 66.7 Å². The van der Waals surface area contributed by atoms with E-state index in [0.29, 0.717) is 0 Å². The average molecular weight is 278 g/mol. The molecule has 1 aliphatic rings. The monoisotopic (exact) mass is 278 g/mol. The Morgan fingerprint density at radius 1 is 1.14 bits per heavy atom. The number of nitrogen functional groups attached to an aromatic ring is 1. The molecule has 0 fully saturated rings. The quantitative estimate of drug-likeness (QED) is 0.597. The maximum atomic E-state index is 5.74. The van der Waals surface area contributed by atoms with Crippen LogP contribution in [0.1, 0.15) is 19.4 Å². The number of aromatic nitrogens is 2. The third kappa shape index (κ3) is 1.87. The summed E-state index contributed by atoms with van der Waals surface area (Å²) in [4.78, 5) is 8.12. The van der Waals surface area contributed by atoms with Crippen molar-refractivity contribution in [2.75, 3.05) is 17.6 Å². The summed E-state index contributed by atoms with van der Waals surface area (Å²) in [6.45, 7) is 5.49. The second kappa shape index (κ2) is 4.01. The fourth-order valence-electron chi connectivity index (χ4n) is 2.95. The molecule has 1 aliphatic heterocycles. The Morgan fingerprint density at radius 2 is 1.90 bits per heavy atom. The number of H-pyrrole nitrogens is 1. The van der Waals surface area contributed by atoms with Gasteiger partial charge in [-0.05, 0) is 42.0 Å². The molecule has 2 aromatic carbocycles. The van der Waals surface area contributed by atoms with Crippen LogP contribution in [0.25, 0.3) is 22.4 Å². The molecule has 3 aromatic rings. The molecular weight excluding hydrogens is 260 g/mol. The Labute approximate surface area is 123 Å². The molecule has 4 heteroatoms. The molecule has 0 saturated heterocycles. The van der Waals surface area contributed by atoms with E-state index < -0.39 is 0 Å². The number of nitrogens with one attached hydrogen (secondary N) is 2. The van der Waals surface area contributed by atoms with Crippen molar-refractivity contribution in [3.63, 3.8) is 0 Å². The van der Waals surface area contributed by atoms with E-state index in [9.17, 15) is 0 Å². The number of fused-ring (bicyclic) bond motifs is 2. The predicted octanol–water partition coefficient (Wildman–Crippen LogP) is 3.52. The van der Waals surface area contributed by atoms with Crippen molar-refractivity contribution in [2.45, 2.75) is 19.3 Å². The van der Waals surface area contributed by atoms with Gasteiger partial charge in [0.2, 0.25) is 0 Å². The van der Waals surface area contributed by atoms with Crippen LogP contribution in [0.5, 0.6) is 0 Å². The molecule has 0 bridgehead atoms. The van der Waals surface area contributed by atoms with Crippen LogP contribution in [0.4, 0.5) is 11.4 Å². The molecule has 0 atom stereocenters. The van der Waals surface area contributed by atoms with Gasteiger partial charge in [0.25, 0.3) is 0 Å². The molecule has 4 rings (SSSR count). The van der Waals surface area contributed by atoms with E-state index in [1.54, 1.807) is 0 Å². The smallest absolute Gasteiger partial charge is 0.138 e. The minimum absolute atomic E-state index is 0.163. The van der Waals surface area contributed by atoms with Crippen LogP contribution in [0, 0.1) is 0 Å². The molecule has 0 aliphatic carbocycles. The number of benzene rings is 2. The van der Waals surface area contributed by atoms with E-state index in [-0.39, 0.29) is 5.41 Å². The van der Waals surface area contributed by atoms with E-state index in [1.807, 2.05) is 24.3 Å². The van der Waals surface area contributed by atoms with Crippen LogP contribution in [0.3, 0.4) is 0 Å². The fourth-order valence-corrected chi connectivity index (χ4v) is 2.95. The van der Waals surface area contributed by atoms with Gasteiger partial charge in [0, 0.05) is 28.9 Å². The molecular formula is C17H18N4. The fraction of sp³-hybridized carbons (Fsp3) is 0.235. The number of aromatic amines is 1. The Balaban J connectivity index is 1.86. The minimum Gasteiger partial charge on any atom is -0.399 e. The number of hydrogen-bond acceptors (Lipinski definition) is 3. The van der Waals surface area contributed by atoms with E-state index in [2.05, 4.69) is 36.3 Å². The third-order valence-electron chi connectivity index (χ3n) is 4.26.